The van der Waals surface area contributed by atoms with Gasteiger partial charge in [-0.3, -0.25) is 4.79 Å². The maximum absolute atomic E-state index is 13.3. The first kappa shape index (κ1) is 18.6. The van der Waals surface area contributed by atoms with Gasteiger partial charge in [0.25, 0.3) is 5.91 Å². The fraction of sp³-hybridized carbons (Fsp3) is 0.148. The lowest BCUT2D eigenvalue weighted by molar-refractivity contribution is -0.127. The predicted octanol–water partition coefficient (Wildman–Crippen LogP) is 4.42. The number of carbonyl (C=O) groups is 1. The van der Waals surface area contributed by atoms with Crippen molar-refractivity contribution in [3.63, 3.8) is 0 Å². The molecule has 4 aromatic rings. The van der Waals surface area contributed by atoms with E-state index in [0.717, 1.165) is 34.5 Å². The Morgan fingerprint density at radius 3 is 2.69 bits per heavy atom. The van der Waals surface area contributed by atoms with Gasteiger partial charge in [0.05, 0.1) is 6.04 Å². The number of ether oxygens (including phenoxy) is 2. The van der Waals surface area contributed by atoms with Crippen molar-refractivity contribution in [1.29, 1.82) is 0 Å². The molecule has 1 N–H and O–H groups in total. The van der Waals surface area contributed by atoms with Gasteiger partial charge in [-0.1, -0.05) is 48.4 Å². The molecule has 0 spiro atoms. The lowest BCUT2D eigenvalue weighted by Gasteiger charge is -2.35. The molecule has 5 heteroatoms. The second-order valence-electron chi connectivity index (χ2n) is 7.94. The van der Waals surface area contributed by atoms with E-state index in [1.807, 2.05) is 59.5 Å². The lowest BCUT2D eigenvalue weighted by atomic mass is 9.92. The Balaban J connectivity index is 1.45. The molecule has 1 aromatic heterocycles. The van der Waals surface area contributed by atoms with Gasteiger partial charge in [0.1, 0.15) is 0 Å². The largest absolute Gasteiger partial charge is 0.454 e. The quantitative estimate of drug-likeness (QED) is 0.464. The number of fused-ring (bicyclic) bond motifs is 4. The van der Waals surface area contributed by atoms with Gasteiger partial charge in [-0.2, -0.15) is 0 Å². The van der Waals surface area contributed by atoms with E-state index in [1.165, 1.54) is 10.9 Å². The van der Waals surface area contributed by atoms with Crippen LogP contribution in [0.2, 0.25) is 0 Å². The summed E-state index contributed by atoms with van der Waals surface area (Å²) in [5, 5.41) is 1.20. The Hall–Kier alpha value is -4.17. The highest BCUT2D eigenvalue weighted by molar-refractivity contribution is 5.95. The Kier molecular flexibility index (Phi) is 4.36. The monoisotopic (exact) mass is 420 g/mol. The Labute approximate surface area is 185 Å². The smallest absolute Gasteiger partial charge is 0.299 e. The first-order valence-corrected chi connectivity index (χ1v) is 10.6. The molecule has 1 atom stereocenters. The SMILES string of the molecule is O=C(C#Cc1ccccc1)N1CCc2c([nH]c3ccccc23)C1c1ccc2c(c1)OCO2. The highest BCUT2D eigenvalue weighted by Crippen LogP contribution is 2.41. The highest BCUT2D eigenvalue weighted by Gasteiger charge is 2.34. The van der Waals surface area contributed by atoms with Crippen LogP contribution in [0, 0.1) is 11.8 Å². The molecule has 0 aliphatic carbocycles. The van der Waals surface area contributed by atoms with E-state index in [4.69, 9.17) is 9.47 Å². The highest BCUT2D eigenvalue weighted by atomic mass is 16.7. The summed E-state index contributed by atoms with van der Waals surface area (Å²) in [6.07, 6.45) is 0.777. The van der Waals surface area contributed by atoms with E-state index in [9.17, 15) is 4.79 Å². The van der Waals surface area contributed by atoms with Crippen LogP contribution in [0.25, 0.3) is 10.9 Å². The van der Waals surface area contributed by atoms with Crippen molar-refractivity contribution in [2.75, 3.05) is 13.3 Å². The fourth-order valence-corrected chi connectivity index (χ4v) is 4.61. The first-order chi connectivity index (χ1) is 15.8. The molecule has 2 aliphatic rings. The van der Waals surface area contributed by atoms with Gasteiger partial charge < -0.3 is 19.4 Å². The minimum atomic E-state index is -0.279. The second-order valence-corrected chi connectivity index (χ2v) is 7.94. The first-order valence-electron chi connectivity index (χ1n) is 10.6. The van der Waals surface area contributed by atoms with Crippen LogP contribution in [-0.4, -0.2) is 29.1 Å². The van der Waals surface area contributed by atoms with Crippen LogP contribution < -0.4 is 9.47 Å². The van der Waals surface area contributed by atoms with Crippen molar-refractivity contribution in [2.24, 2.45) is 0 Å². The van der Waals surface area contributed by atoms with E-state index >= 15 is 0 Å². The van der Waals surface area contributed by atoms with Gasteiger partial charge in [0, 0.05) is 34.6 Å². The normalized spacial score (nSPS) is 16.4. The Morgan fingerprint density at radius 2 is 1.78 bits per heavy atom. The molecule has 3 aromatic carbocycles. The minimum absolute atomic E-state index is 0.194. The zero-order chi connectivity index (χ0) is 21.5. The molecule has 5 nitrogen and oxygen atoms in total. The fourth-order valence-electron chi connectivity index (χ4n) is 4.61. The summed E-state index contributed by atoms with van der Waals surface area (Å²) in [5.41, 5.74) is 5.16. The Morgan fingerprint density at radius 1 is 0.969 bits per heavy atom. The van der Waals surface area contributed by atoms with Crippen LogP contribution in [0.15, 0.2) is 72.8 Å². The number of nitrogens with zero attached hydrogens (tertiary/aromatic N) is 1. The van der Waals surface area contributed by atoms with E-state index in [2.05, 4.69) is 35.0 Å². The molecule has 0 saturated heterocycles. The number of para-hydroxylation sites is 1. The van der Waals surface area contributed by atoms with Crippen molar-refractivity contribution in [3.05, 3.63) is 95.2 Å². The number of nitrogens with one attached hydrogen (secondary N) is 1. The van der Waals surface area contributed by atoms with Crippen molar-refractivity contribution in [1.82, 2.24) is 9.88 Å². The second kappa shape index (κ2) is 7.51. The van der Waals surface area contributed by atoms with Gasteiger partial charge in [-0.25, -0.2) is 0 Å². The summed E-state index contributed by atoms with van der Waals surface area (Å²) in [6.45, 7) is 0.808. The minimum Gasteiger partial charge on any atom is -0.454 e. The number of H-pyrrole nitrogens is 1. The molecular formula is C27H20N2O3. The van der Waals surface area contributed by atoms with Gasteiger partial charge in [0.2, 0.25) is 6.79 Å². The molecular weight excluding hydrogens is 400 g/mol. The van der Waals surface area contributed by atoms with Gasteiger partial charge >= 0.3 is 0 Å². The van der Waals surface area contributed by atoms with Crippen LogP contribution in [-0.2, 0) is 11.2 Å². The molecule has 0 bridgehead atoms. The van der Waals surface area contributed by atoms with Crippen molar-refractivity contribution in [3.8, 4) is 23.3 Å². The van der Waals surface area contributed by atoms with Gasteiger partial charge in [-0.15, -0.1) is 0 Å². The summed E-state index contributed by atoms with van der Waals surface area (Å²) in [5.74, 6) is 7.10. The third-order valence-electron chi connectivity index (χ3n) is 6.10. The number of aromatic nitrogens is 1. The average Bonchev–Trinajstić information content (AvgIpc) is 3.46. The summed E-state index contributed by atoms with van der Waals surface area (Å²) in [7, 11) is 0. The molecule has 0 radical (unpaired) electrons. The number of hydrogen-bond acceptors (Lipinski definition) is 3. The average molecular weight is 420 g/mol. The Bertz CT molecular complexity index is 1390. The predicted molar refractivity (Wildman–Crippen MR) is 121 cm³/mol. The molecule has 1 unspecified atom stereocenters. The van der Waals surface area contributed by atoms with Crippen molar-refractivity contribution in [2.45, 2.75) is 12.5 Å². The van der Waals surface area contributed by atoms with Crippen molar-refractivity contribution >= 4 is 16.8 Å². The zero-order valence-electron chi connectivity index (χ0n) is 17.3. The number of aromatic amines is 1. The summed E-state index contributed by atoms with van der Waals surface area (Å²) < 4.78 is 11.1. The summed E-state index contributed by atoms with van der Waals surface area (Å²) in [6, 6.07) is 23.5. The maximum Gasteiger partial charge on any atom is 0.299 e. The van der Waals surface area contributed by atoms with Crippen molar-refractivity contribution < 1.29 is 14.3 Å². The van der Waals surface area contributed by atoms with Crippen LogP contribution in [0.3, 0.4) is 0 Å². The molecule has 2 aliphatic heterocycles. The number of amides is 1. The lowest BCUT2D eigenvalue weighted by Crippen LogP contribution is -2.40. The molecule has 3 heterocycles. The third kappa shape index (κ3) is 3.09. The molecule has 6 rings (SSSR count). The number of rotatable bonds is 1. The third-order valence-corrected chi connectivity index (χ3v) is 6.10. The molecule has 0 saturated carbocycles. The zero-order valence-corrected chi connectivity index (χ0v) is 17.3. The molecule has 32 heavy (non-hydrogen) atoms. The van der Waals surface area contributed by atoms with E-state index < -0.39 is 0 Å². The van der Waals surface area contributed by atoms with Crippen LogP contribution in [0.4, 0.5) is 0 Å². The molecule has 1 amide bonds. The maximum atomic E-state index is 13.3. The van der Waals surface area contributed by atoms with Gasteiger partial charge in [-0.05, 0) is 47.9 Å². The van der Waals surface area contributed by atoms with E-state index in [1.54, 1.807) is 0 Å². The van der Waals surface area contributed by atoms with E-state index in [0.29, 0.717) is 12.3 Å². The topological polar surface area (TPSA) is 54.6 Å². The standard InChI is InChI=1S/C27H20N2O3/c30-25(13-10-18-6-2-1-3-7-18)29-15-14-21-20-8-4-5-9-22(20)28-26(21)27(29)19-11-12-23-24(16-19)32-17-31-23/h1-9,11-12,16,27-28H,14-15,17H2. The molecule has 0 fully saturated rings. The number of benzene rings is 3. The van der Waals surface area contributed by atoms with E-state index in [-0.39, 0.29) is 18.7 Å². The molecule has 156 valence electrons. The summed E-state index contributed by atoms with van der Waals surface area (Å²) >= 11 is 0. The van der Waals surface area contributed by atoms with Gasteiger partial charge in [0.15, 0.2) is 11.5 Å². The van der Waals surface area contributed by atoms with Crippen LogP contribution in [0.5, 0.6) is 11.5 Å². The number of carbonyl (C=O) groups excluding carboxylic acids is 1. The summed E-state index contributed by atoms with van der Waals surface area (Å²) in [4.78, 5) is 18.7. The number of hydrogen-bond donors (Lipinski definition) is 1. The van der Waals surface area contributed by atoms with Crippen LogP contribution in [0.1, 0.15) is 28.4 Å². The van der Waals surface area contributed by atoms with Crippen LogP contribution >= 0.6 is 0 Å².